The van der Waals surface area contributed by atoms with Crippen LogP contribution in [0, 0.1) is 43.0 Å². The summed E-state index contributed by atoms with van der Waals surface area (Å²) in [7, 11) is 3.12. The number of carbonyl (C=O) groups is 8. The number of nitrogens with one attached hydrogen (secondary N) is 2. The number of imidazole rings is 3. The number of azide groups is 2. The molecule has 3 atom stereocenters. The van der Waals surface area contributed by atoms with E-state index in [9.17, 15) is 80.0 Å². The van der Waals surface area contributed by atoms with Crippen molar-refractivity contribution in [2.45, 2.75) is 179 Å². The molecule has 0 aliphatic heterocycles. The van der Waals surface area contributed by atoms with Crippen LogP contribution in [0.5, 0.6) is 0 Å². The molecule has 46 heteroatoms. The monoisotopic (exact) mass is 2190 g/mol. The van der Waals surface area contributed by atoms with Gasteiger partial charge in [-0.15, -0.1) is 5.10 Å². The van der Waals surface area contributed by atoms with Gasteiger partial charge >= 0.3 is 77.7 Å². The van der Waals surface area contributed by atoms with Crippen molar-refractivity contribution in [1.82, 2.24) is 54.3 Å². The maximum Gasteiger partial charge on any atom is 1.00 e. The van der Waals surface area contributed by atoms with Crippen molar-refractivity contribution < 1.29 is 192 Å². The first kappa shape index (κ1) is 112. The van der Waals surface area contributed by atoms with Gasteiger partial charge in [0.2, 0.25) is 5.69 Å². The van der Waals surface area contributed by atoms with Gasteiger partial charge in [0, 0.05) is 113 Å². The average Bonchev–Trinajstić information content (AvgIpc) is 1.62. The Morgan fingerprint density at radius 3 is 1.28 bits per heavy atom. The van der Waals surface area contributed by atoms with Crippen molar-refractivity contribution in [3.05, 3.63) is 249 Å². The number of furan rings is 3. The third-order valence-corrected chi connectivity index (χ3v) is 22.4. The first-order valence-electron chi connectivity index (χ1n) is 43.7. The summed E-state index contributed by atoms with van der Waals surface area (Å²) in [4.78, 5) is 115. The zero-order valence-corrected chi connectivity index (χ0v) is 82.3. The van der Waals surface area contributed by atoms with Gasteiger partial charge < -0.3 is 90.7 Å². The fourth-order valence-electron chi connectivity index (χ4n) is 16.1. The molecule has 140 heavy (non-hydrogen) atoms. The van der Waals surface area contributed by atoms with Crippen LogP contribution in [-0.4, -0.2) is 168 Å². The second kappa shape index (κ2) is 54.2. The summed E-state index contributed by atoms with van der Waals surface area (Å²) in [5, 5.41) is 47.1. The number of quaternary nitrogens is 1. The van der Waals surface area contributed by atoms with E-state index in [1.165, 1.54) is 96.3 Å². The molecule has 6 aromatic carbocycles. The molecule has 16 rings (SSSR count). The number of nitrogens with zero attached hydrogens (tertiary/aromatic N) is 15. The van der Waals surface area contributed by atoms with Gasteiger partial charge in [-0.1, -0.05) is 141 Å². The molecule has 3 fully saturated rings. The number of carboxylic acid groups (broad SMARTS) is 3. The molecule has 2 amide bonds. The van der Waals surface area contributed by atoms with Gasteiger partial charge in [-0.2, -0.15) is 26.3 Å². The third kappa shape index (κ3) is 30.3. The van der Waals surface area contributed by atoms with E-state index in [-0.39, 0.29) is 134 Å². The second-order valence-corrected chi connectivity index (χ2v) is 31.3. The fourth-order valence-corrected chi connectivity index (χ4v) is 16.1. The maximum atomic E-state index is 13.2. The summed E-state index contributed by atoms with van der Waals surface area (Å²) in [6, 6.07) is 38.8. The fraction of sp³-hybridized carbons (Fsp3) is 0.330. The van der Waals surface area contributed by atoms with Crippen LogP contribution in [0.25, 0.3) is 93.8 Å². The number of aromatic nitrogens is 9. The van der Waals surface area contributed by atoms with Gasteiger partial charge in [0.05, 0.1) is 109 Å². The molecule has 0 bridgehead atoms. The first-order valence-corrected chi connectivity index (χ1v) is 42.5. The number of aliphatic carboxylic acids is 1. The van der Waals surface area contributed by atoms with Crippen LogP contribution in [0.15, 0.2) is 207 Å². The zero-order valence-electron chi connectivity index (χ0n) is 77.4. The quantitative estimate of drug-likeness (QED) is 0.00356. The molecular formula is C94H98BClF6N18NaO18U. The molecule has 1 radical (unpaired) electrons. The number of carbonyl (C=O) groups excluding carboxylic acids is 5. The van der Waals surface area contributed by atoms with Crippen molar-refractivity contribution in [2.75, 3.05) is 20.8 Å². The van der Waals surface area contributed by atoms with Crippen LogP contribution >= 0.6 is 0 Å². The summed E-state index contributed by atoms with van der Waals surface area (Å²) in [5.41, 5.74) is 29.2. The van der Waals surface area contributed by atoms with E-state index in [1.807, 2.05) is 36.4 Å². The number of rotatable bonds is 25. The van der Waals surface area contributed by atoms with Crippen LogP contribution in [0.2, 0.25) is 0 Å². The number of methoxy groups -OCH3 is 2. The number of hydrogen-bond acceptors (Lipinski definition) is 22. The standard InChI is InChI=1S/C31H27F3N6O6.C28H28N6O4.C18H18N2O3.C10H12N4O2.C6H5F3O2.CH4.BH2.ClH.Na.H2O.U/c32-31(33,34)26-25(30(44)45)40(38-37-26)21-9-6-17(7-10-21)14-23(29(42)43)36-28(41)18-8-11-24-22(15-18)35-27(19-12-13-46-16-19)39(24)20-4-2-1-3-5-20;1-37-28(36)24(15-18-7-10-21(11-8-18)32-33-29)31-27(35)19-9-12-25-23(16-19)30-26(20-13-14-38-17-20)34(25)22-5-3-2-4-6-22;21-18(22)12-6-7-16-15(10-12)19-17(13-8-9-23-11-13)20(16)14-4-2-1-3-5-14;1-16-10(15)9(11)6-7-2-4-8(5-3-7)13-14-12;1-2-11-5(10)3-4-6(7,8)9;;;;;;/h6-13,15-16,20,23H,1-5,14H2,(H,36,41)(H,42,43)(H,44,45);7-14,16-17,22,24H,2-6,15H2,1H3,(H,31,35);6-11,14H,1-5H2,(H,21,22);2-5,9H,6,11H2,1H3;2H2,1H3;1H4;1H2;1H;;1H2;/q;;;;;;;;+1;;/p-1/t23-;24-;;9-;;;;;;;/m00.0......./s1/i;;;;;;1T2;;;;. The van der Waals surface area contributed by atoms with Gasteiger partial charge in [-0.3, -0.25) is 9.59 Å². The molecule has 0 spiro atoms. The third-order valence-electron chi connectivity index (χ3n) is 22.4. The Morgan fingerprint density at radius 2 is 0.936 bits per heavy atom. The Labute approximate surface area is 853 Å². The van der Waals surface area contributed by atoms with E-state index in [4.69, 9.17) is 46.7 Å². The smallest absolute Gasteiger partial charge is 1.00 e. The Morgan fingerprint density at radius 1 is 0.564 bits per heavy atom. The van der Waals surface area contributed by atoms with Crippen LogP contribution in [0.4, 0.5) is 37.7 Å². The Kier molecular flexibility index (Phi) is 43.3. The van der Waals surface area contributed by atoms with E-state index < -0.39 is 83.5 Å². The molecule has 729 valence electrons. The van der Waals surface area contributed by atoms with E-state index in [0.29, 0.717) is 65.1 Å². The number of alkyl halides is 6. The largest absolute Gasteiger partial charge is 1.00 e. The number of hydrogen-bond donors (Lipinski definition) is 6. The van der Waals surface area contributed by atoms with Crippen LogP contribution in [-0.2, 0) is 58.8 Å². The number of benzene rings is 6. The predicted molar refractivity (Wildman–Crippen MR) is 489 cm³/mol. The summed E-state index contributed by atoms with van der Waals surface area (Å²) in [6.07, 6.45) is 17.9. The Hall–Kier alpha value is -13.4. The van der Waals surface area contributed by atoms with E-state index in [1.54, 1.807) is 123 Å². The van der Waals surface area contributed by atoms with Crippen molar-refractivity contribution in [3.63, 3.8) is 0 Å². The molecule has 0 saturated heterocycles. The zero-order chi connectivity index (χ0) is 98.5. The molecule has 7 heterocycles. The number of fused-ring (bicyclic) bond motifs is 3. The number of esters is 3. The number of aromatic carboxylic acids is 2. The summed E-state index contributed by atoms with van der Waals surface area (Å²) in [5.74, 6) is -2.68. The van der Waals surface area contributed by atoms with Crippen LogP contribution in [0.3, 0.4) is 0 Å². The van der Waals surface area contributed by atoms with Crippen molar-refractivity contribution in [2.24, 2.45) is 10.2 Å². The van der Waals surface area contributed by atoms with Crippen molar-refractivity contribution in [1.29, 1.82) is 2.67 Å². The van der Waals surface area contributed by atoms with Gasteiger partial charge in [0.1, 0.15) is 48.3 Å². The molecule has 7 aromatic heterocycles. The number of carboxylic acids is 3. The minimum atomic E-state index is -5.03. The molecule has 3 aliphatic rings. The van der Waals surface area contributed by atoms with E-state index in [2.05, 4.69) is 69.9 Å². The molecule has 0 unspecified atom stereocenters. The number of halogens is 7. The van der Waals surface area contributed by atoms with Crippen molar-refractivity contribution in [3.8, 4) is 51.7 Å². The molecule has 13 aromatic rings. The van der Waals surface area contributed by atoms with Crippen LogP contribution < -0.4 is 58.3 Å². The van der Waals surface area contributed by atoms with E-state index in [0.717, 1.165) is 125 Å². The second-order valence-electron chi connectivity index (χ2n) is 31.3. The van der Waals surface area contributed by atoms with Gasteiger partial charge in [0.15, 0.2) is 11.7 Å². The van der Waals surface area contributed by atoms with Crippen molar-refractivity contribution >= 4 is 100 Å². The number of amides is 2. The van der Waals surface area contributed by atoms with E-state index >= 15 is 0 Å². The van der Waals surface area contributed by atoms with Gasteiger partial charge in [-0.25, -0.2) is 48.4 Å². The molecular weight excluding hydrogens is 2090 g/mol. The maximum absolute atomic E-state index is 13.2. The summed E-state index contributed by atoms with van der Waals surface area (Å²) < 4.78 is 122. The molecule has 3 aliphatic carbocycles. The van der Waals surface area contributed by atoms with Gasteiger partial charge in [-0.05, 0) is 161 Å². The number of ether oxygens (including phenoxy) is 3. The summed E-state index contributed by atoms with van der Waals surface area (Å²) in [6.45, 7) is 1.50. The minimum Gasteiger partial charge on any atom is -1.00 e. The summed E-state index contributed by atoms with van der Waals surface area (Å²) >= 11 is 0. The topological polar surface area (TPSA) is 528 Å². The Balaban J connectivity index is 0.000000288. The predicted octanol–water partition coefficient (Wildman–Crippen LogP) is 11.9. The average molecular weight is 2190 g/mol. The van der Waals surface area contributed by atoms with Crippen LogP contribution in [0.1, 0.15) is 193 Å². The molecule has 9 N–H and O–H groups in total. The Bertz CT molecular complexity index is 6540. The minimum absolute atomic E-state index is 0. The SMILES string of the molecule is C.CCOC(=O)C#CC(F)(F)F.COC(=O)[C@@H]([NH3+])Cc1ccc(N=[N+]=[N-])cc1.COC(=O)[C@H](Cc1ccc(N=[N+]=[N-])cc1)NC(=O)c1ccc2c(c1)nc(-c1ccoc1)n2C1CCCCC1.O=C(N[C@@H](Cc1ccc(-n2nnc(C(F)(F)F)c2C(=O)O)cc1)C(=O)O)c1ccc2c(c1)nc(-c1ccoc1)n2C1CCCCC1.O=C(O)c1ccc2c(c1)nc(-c1ccoc1)n2C1CCCCC1.[3H][B][3H].[Cl-].[Na+].[OH-].[U]. The first-order chi connectivity index (χ1) is 65.8. The molecule has 36 nitrogen and oxygen atoms in total. The van der Waals surface area contributed by atoms with Gasteiger partial charge in [0.25, 0.3) is 11.8 Å². The molecule has 3 saturated carbocycles. The normalized spacial score (nSPS) is 13.6.